The van der Waals surface area contributed by atoms with Crippen molar-refractivity contribution < 1.29 is 9.90 Å². The molecule has 2 N–H and O–H groups in total. The third kappa shape index (κ3) is 2.55. The van der Waals surface area contributed by atoms with Gasteiger partial charge >= 0.3 is 5.97 Å². The highest BCUT2D eigenvalue weighted by molar-refractivity contribution is 9.10. The lowest BCUT2D eigenvalue weighted by molar-refractivity contribution is 0.0698. The van der Waals surface area contributed by atoms with Crippen molar-refractivity contribution in [2.45, 2.75) is 31.7 Å². The topological polar surface area (TPSA) is 49.3 Å². The van der Waals surface area contributed by atoms with Crippen molar-refractivity contribution in [3.05, 3.63) is 28.2 Å². The number of nitrogens with one attached hydrogen (secondary N) is 1. The monoisotopic (exact) mass is 283 g/mol. The van der Waals surface area contributed by atoms with Gasteiger partial charge in [0.15, 0.2) is 0 Å². The maximum atomic E-state index is 11.1. The standard InChI is InChI=1S/C12H14BrNO2/c13-8-5-6-10(12(15)16)11(7-8)14-9-3-1-2-4-9/h5-7,9,14H,1-4H2,(H,15,16). The minimum absolute atomic E-state index is 0.343. The van der Waals surface area contributed by atoms with Crippen LogP contribution < -0.4 is 5.32 Å². The molecule has 1 aromatic carbocycles. The zero-order chi connectivity index (χ0) is 11.5. The van der Waals surface area contributed by atoms with Crippen LogP contribution in [0.2, 0.25) is 0 Å². The number of carboxylic acid groups (broad SMARTS) is 1. The van der Waals surface area contributed by atoms with E-state index >= 15 is 0 Å². The predicted molar refractivity (Wildman–Crippen MR) is 67.0 cm³/mol. The fourth-order valence-electron chi connectivity index (χ4n) is 2.11. The van der Waals surface area contributed by atoms with Crippen molar-refractivity contribution in [1.82, 2.24) is 0 Å². The molecule has 0 unspecified atom stereocenters. The highest BCUT2D eigenvalue weighted by atomic mass is 79.9. The van der Waals surface area contributed by atoms with Crippen LogP contribution in [0.15, 0.2) is 22.7 Å². The minimum Gasteiger partial charge on any atom is -0.478 e. The predicted octanol–water partition coefficient (Wildman–Crippen LogP) is 3.50. The fourth-order valence-corrected chi connectivity index (χ4v) is 2.47. The van der Waals surface area contributed by atoms with Crippen LogP contribution in [0.1, 0.15) is 36.0 Å². The summed E-state index contributed by atoms with van der Waals surface area (Å²) < 4.78 is 0.901. The number of carbonyl (C=O) groups is 1. The van der Waals surface area contributed by atoms with Gasteiger partial charge in [0.1, 0.15) is 0 Å². The molecule has 0 aromatic heterocycles. The van der Waals surface area contributed by atoms with Crippen LogP contribution >= 0.6 is 15.9 Å². The number of carboxylic acids is 1. The van der Waals surface area contributed by atoms with Gasteiger partial charge in [-0.05, 0) is 31.0 Å². The zero-order valence-corrected chi connectivity index (χ0v) is 10.5. The zero-order valence-electron chi connectivity index (χ0n) is 8.87. The second kappa shape index (κ2) is 4.87. The van der Waals surface area contributed by atoms with Gasteiger partial charge in [-0.25, -0.2) is 4.79 Å². The van der Waals surface area contributed by atoms with Crippen molar-refractivity contribution in [2.75, 3.05) is 5.32 Å². The fraction of sp³-hybridized carbons (Fsp3) is 0.417. The Bertz CT molecular complexity index is 400. The minimum atomic E-state index is -0.881. The molecule has 86 valence electrons. The summed E-state index contributed by atoms with van der Waals surface area (Å²) in [6, 6.07) is 5.64. The third-order valence-corrected chi connectivity index (χ3v) is 3.42. The van der Waals surface area contributed by atoms with E-state index in [-0.39, 0.29) is 0 Å². The summed E-state index contributed by atoms with van der Waals surface area (Å²) in [5, 5.41) is 12.4. The van der Waals surface area contributed by atoms with E-state index in [1.165, 1.54) is 12.8 Å². The molecular formula is C12H14BrNO2. The SMILES string of the molecule is O=C(O)c1ccc(Br)cc1NC1CCCC1. The molecule has 1 aromatic rings. The van der Waals surface area contributed by atoms with Gasteiger partial charge < -0.3 is 10.4 Å². The molecule has 1 fully saturated rings. The number of hydrogen-bond acceptors (Lipinski definition) is 2. The molecular weight excluding hydrogens is 270 g/mol. The summed E-state index contributed by atoms with van der Waals surface area (Å²) in [7, 11) is 0. The smallest absolute Gasteiger partial charge is 0.337 e. The Morgan fingerprint density at radius 2 is 2.06 bits per heavy atom. The van der Waals surface area contributed by atoms with Crippen LogP contribution in [0.3, 0.4) is 0 Å². The number of halogens is 1. The van der Waals surface area contributed by atoms with Gasteiger partial charge in [0.05, 0.1) is 11.3 Å². The molecule has 2 rings (SSSR count). The van der Waals surface area contributed by atoms with Crippen molar-refractivity contribution in [1.29, 1.82) is 0 Å². The largest absolute Gasteiger partial charge is 0.478 e. The molecule has 4 heteroatoms. The van der Waals surface area contributed by atoms with E-state index in [4.69, 9.17) is 5.11 Å². The summed E-state index contributed by atoms with van der Waals surface area (Å²) in [4.78, 5) is 11.1. The van der Waals surface area contributed by atoms with Crippen LogP contribution in [0, 0.1) is 0 Å². The number of aromatic carboxylic acids is 1. The summed E-state index contributed by atoms with van der Waals surface area (Å²) >= 11 is 3.36. The van der Waals surface area contributed by atoms with Crippen molar-refractivity contribution in [2.24, 2.45) is 0 Å². The second-order valence-corrected chi connectivity index (χ2v) is 5.04. The Morgan fingerprint density at radius 3 is 2.69 bits per heavy atom. The van der Waals surface area contributed by atoms with Crippen LogP contribution in [-0.4, -0.2) is 17.1 Å². The molecule has 0 amide bonds. The summed E-state index contributed by atoms with van der Waals surface area (Å²) in [5.74, 6) is -0.881. The van der Waals surface area contributed by atoms with Gasteiger partial charge in [0.2, 0.25) is 0 Å². The third-order valence-electron chi connectivity index (χ3n) is 2.93. The summed E-state index contributed by atoms with van der Waals surface area (Å²) in [6.07, 6.45) is 4.72. The van der Waals surface area contributed by atoms with E-state index in [0.29, 0.717) is 17.3 Å². The Balaban J connectivity index is 2.22. The van der Waals surface area contributed by atoms with Gasteiger partial charge in [-0.1, -0.05) is 28.8 Å². The van der Waals surface area contributed by atoms with E-state index in [9.17, 15) is 4.79 Å². The van der Waals surface area contributed by atoms with Crippen molar-refractivity contribution in [3.8, 4) is 0 Å². The summed E-state index contributed by atoms with van der Waals surface area (Å²) in [6.45, 7) is 0. The first-order valence-electron chi connectivity index (χ1n) is 5.46. The Labute approximate surface area is 103 Å². The normalized spacial score (nSPS) is 16.3. The van der Waals surface area contributed by atoms with Gasteiger partial charge in [0.25, 0.3) is 0 Å². The Morgan fingerprint density at radius 1 is 1.38 bits per heavy atom. The average Bonchev–Trinajstić information content (AvgIpc) is 2.70. The number of rotatable bonds is 3. The molecule has 1 saturated carbocycles. The van der Waals surface area contributed by atoms with Crippen LogP contribution in [0.4, 0.5) is 5.69 Å². The maximum absolute atomic E-state index is 11.1. The first kappa shape index (κ1) is 11.5. The lowest BCUT2D eigenvalue weighted by Crippen LogP contribution is -2.17. The van der Waals surface area contributed by atoms with Crippen molar-refractivity contribution >= 4 is 27.6 Å². The Kier molecular flexibility index (Phi) is 3.49. The molecule has 0 radical (unpaired) electrons. The number of anilines is 1. The number of benzene rings is 1. The van der Waals surface area contributed by atoms with Gasteiger partial charge in [-0.3, -0.25) is 0 Å². The van der Waals surface area contributed by atoms with Gasteiger partial charge in [-0.15, -0.1) is 0 Å². The lowest BCUT2D eigenvalue weighted by atomic mass is 10.1. The molecule has 3 nitrogen and oxygen atoms in total. The molecule has 1 aliphatic carbocycles. The maximum Gasteiger partial charge on any atom is 0.337 e. The van der Waals surface area contributed by atoms with Gasteiger partial charge in [0, 0.05) is 10.5 Å². The highest BCUT2D eigenvalue weighted by Gasteiger charge is 2.17. The van der Waals surface area contributed by atoms with E-state index in [0.717, 1.165) is 17.3 Å². The first-order valence-corrected chi connectivity index (χ1v) is 6.25. The van der Waals surface area contributed by atoms with Gasteiger partial charge in [-0.2, -0.15) is 0 Å². The molecule has 0 bridgehead atoms. The van der Waals surface area contributed by atoms with Crippen LogP contribution in [-0.2, 0) is 0 Å². The first-order chi connectivity index (χ1) is 7.66. The number of hydrogen-bond donors (Lipinski definition) is 2. The molecule has 1 aliphatic rings. The van der Waals surface area contributed by atoms with E-state index < -0.39 is 5.97 Å². The molecule has 0 spiro atoms. The molecule has 16 heavy (non-hydrogen) atoms. The van der Waals surface area contributed by atoms with Crippen LogP contribution in [0.25, 0.3) is 0 Å². The van der Waals surface area contributed by atoms with E-state index in [2.05, 4.69) is 21.2 Å². The van der Waals surface area contributed by atoms with E-state index in [1.54, 1.807) is 12.1 Å². The molecule has 0 aliphatic heterocycles. The highest BCUT2D eigenvalue weighted by Crippen LogP contribution is 2.26. The second-order valence-electron chi connectivity index (χ2n) is 4.12. The molecule has 0 saturated heterocycles. The van der Waals surface area contributed by atoms with Crippen molar-refractivity contribution in [3.63, 3.8) is 0 Å². The Hall–Kier alpha value is -1.03. The van der Waals surface area contributed by atoms with Crippen LogP contribution in [0.5, 0.6) is 0 Å². The summed E-state index contributed by atoms with van der Waals surface area (Å²) in [5.41, 5.74) is 1.06. The molecule has 0 atom stereocenters. The molecule has 0 heterocycles. The lowest BCUT2D eigenvalue weighted by Gasteiger charge is -2.15. The average molecular weight is 284 g/mol. The van der Waals surface area contributed by atoms with E-state index in [1.807, 2.05) is 6.07 Å². The quantitative estimate of drug-likeness (QED) is 0.893.